The maximum atomic E-state index is 12.3. The van der Waals surface area contributed by atoms with Crippen molar-refractivity contribution < 1.29 is 8.42 Å². The van der Waals surface area contributed by atoms with Crippen molar-refractivity contribution >= 4 is 21.4 Å². The molecule has 2 saturated carbocycles. The second-order valence-corrected chi connectivity index (χ2v) is 8.14. The highest BCUT2D eigenvalue weighted by Crippen LogP contribution is 2.45. The van der Waals surface area contributed by atoms with Crippen molar-refractivity contribution in [2.75, 3.05) is 0 Å². The number of aryl methyl sites for hydroxylation is 1. The molecule has 0 radical (unpaired) electrons. The predicted octanol–water partition coefficient (Wildman–Crippen LogP) is 1.21. The second kappa shape index (κ2) is 4.18. The third-order valence-corrected chi connectivity index (χ3v) is 6.64. The summed E-state index contributed by atoms with van der Waals surface area (Å²) in [6, 6.07) is 0.0756. The number of hydrogen-bond acceptors (Lipinski definition) is 4. The Morgan fingerprint density at radius 2 is 1.83 bits per heavy atom. The van der Waals surface area contributed by atoms with Crippen LogP contribution in [0.3, 0.4) is 0 Å². The molecule has 3 rings (SSSR count). The molecule has 2 aliphatic rings. The molecule has 0 bridgehead atoms. The van der Waals surface area contributed by atoms with Gasteiger partial charge < -0.3 is 4.98 Å². The molecule has 0 aromatic carbocycles. The minimum atomic E-state index is -3.54. The third-order valence-electron chi connectivity index (χ3n) is 3.58. The van der Waals surface area contributed by atoms with Crippen LogP contribution in [0.4, 0.5) is 0 Å². The Labute approximate surface area is 110 Å². The summed E-state index contributed by atoms with van der Waals surface area (Å²) < 4.78 is 27.5. The van der Waals surface area contributed by atoms with Gasteiger partial charge in [0.25, 0.3) is 10.0 Å². The number of nitrogens with one attached hydrogen (secondary N) is 2. The average Bonchev–Trinajstić information content (AvgIpc) is 3.14. The average molecular weight is 288 g/mol. The van der Waals surface area contributed by atoms with E-state index >= 15 is 0 Å². The zero-order valence-electron chi connectivity index (χ0n) is 10.1. The van der Waals surface area contributed by atoms with Crippen LogP contribution in [0.2, 0.25) is 0 Å². The van der Waals surface area contributed by atoms with Gasteiger partial charge in [0, 0.05) is 11.7 Å². The zero-order chi connectivity index (χ0) is 12.9. The van der Waals surface area contributed by atoms with Crippen molar-refractivity contribution in [3.8, 4) is 0 Å². The lowest BCUT2D eigenvalue weighted by molar-refractivity contribution is 0.472. The summed E-state index contributed by atoms with van der Waals surface area (Å²) in [7, 11) is -3.54. The van der Waals surface area contributed by atoms with Crippen LogP contribution in [-0.2, 0) is 10.0 Å². The smallest absolute Gasteiger partial charge is 0.305 e. The molecule has 100 valence electrons. The number of aromatic nitrogens is 1. The lowest BCUT2D eigenvalue weighted by Gasteiger charge is -2.17. The third kappa shape index (κ3) is 2.39. The molecule has 0 aliphatic heterocycles. The Kier molecular flexibility index (Phi) is 2.87. The summed E-state index contributed by atoms with van der Waals surface area (Å²) >= 11 is 0.766. The fourth-order valence-corrected chi connectivity index (χ4v) is 5.06. The van der Waals surface area contributed by atoms with Gasteiger partial charge in [-0.05, 0) is 44.4 Å². The monoisotopic (exact) mass is 288 g/mol. The summed E-state index contributed by atoms with van der Waals surface area (Å²) in [6.07, 6.45) is 4.47. The Bertz CT molecular complexity index is 596. The highest BCUT2D eigenvalue weighted by atomic mass is 32.2. The van der Waals surface area contributed by atoms with Crippen LogP contribution in [0.25, 0.3) is 0 Å². The highest BCUT2D eigenvalue weighted by molar-refractivity contribution is 7.91. The number of H-pyrrole nitrogens is 1. The van der Waals surface area contributed by atoms with Gasteiger partial charge in [-0.25, -0.2) is 13.1 Å². The maximum absolute atomic E-state index is 12.3. The molecule has 18 heavy (non-hydrogen) atoms. The van der Waals surface area contributed by atoms with Gasteiger partial charge in [0.15, 0.2) is 4.21 Å². The van der Waals surface area contributed by atoms with Crippen LogP contribution >= 0.6 is 11.3 Å². The number of aromatic amines is 1. The molecule has 1 aromatic rings. The van der Waals surface area contributed by atoms with E-state index in [1.54, 1.807) is 6.92 Å². The molecule has 5 nitrogen and oxygen atoms in total. The predicted molar refractivity (Wildman–Crippen MR) is 69.2 cm³/mol. The van der Waals surface area contributed by atoms with Gasteiger partial charge in [-0.2, -0.15) is 0 Å². The Hall–Kier alpha value is -0.660. The first kappa shape index (κ1) is 12.4. The largest absolute Gasteiger partial charge is 0.315 e. The molecule has 0 spiro atoms. The van der Waals surface area contributed by atoms with E-state index in [1.807, 2.05) is 0 Å². The van der Waals surface area contributed by atoms with Gasteiger partial charge in [-0.1, -0.05) is 11.3 Å². The summed E-state index contributed by atoms with van der Waals surface area (Å²) in [5, 5.41) is 0. The fraction of sp³-hybridized carbons (Fsp3) is 0.727. The lowest BCUT2D eigenvalue weighted by Crippen LogP contribution is -2.37. The number of hydrogen-bond donors (Lipinski definition) is 2. The molecular weight excluding hydrogens is 272 g/mol. The van der Waals surface area contributed by atoms with Crippen LogP contribution in [0.15, 0.2) is 9.00 Å². The van der Waals surface area contributed by atoms with Crippen LogP contribution in [0.1, 0.15) is 31.4 Å². The van der Waals surface area contributed by atoms with E-state index in [0.717, 1.165) is 37.0 Å². The first-order chi connectivity index (χ1) is 8.47. The summed E-state index contributed by atoms with van der Waals surface area (Å²) in [5.41, 5.74) is 0.433. The van der Waals surface area contributed by atoms with Crippen LogP contribution in [-0.4, -0.2) is 19.4 Å². The number of rotatable bonds is 5. The van der Waals surface area contributed by atoms with Gasteiger partial charge in [0.05, 0.1) is 0 Å². The molecule has 2 aliphatic carbocycles. The Balaban J connectivity index is 1.85. The van der Waals surface area contributed by atoms with Gasteiger partial charge >= 0.3 is 4.87 Å². The lowest BCUT2D eigenvalue weighted by atomic mass is 10.1. The molecule has 2 N–H and O–H groups in total. The molecule has 2 fully saturated rings. The molecule has 0 amide bonds. The summed E-state index contributed by atoms with van der Waals surface area (Å²) in [6.45, 7) is 1.62. The van der Waals surface area contributed by atoms with E-state index in [9.17, 15) is 13.2 Å². The molecule has 0 unspecified atom stereocenters. The van der Waals surface area contributed by atoms with E-state index in [4.69, 9.17) is 0 Å². The van der Waals surface area contributed by atoms with Gasteiger partial charge in [0.1, 0.15) is 0 Å². The quantitative estimate of drug-likeness (QED) is 0.855. The van der Waals surface area contributed by atoms with E-state index in [1.165, 1.54) is 0 Å². The van der Waals surface area contributed by atoms with E-state index in [2.05, 4.69) is 9.71 Å². The van der Waals surface area contributed by atoms with Gasteiger partial charge in [-0.3, -0.25) is 4.79 Å². The van der Waals surface area contributed by atoms with Crippen molar-refractivity contribution in [1.82, 2.24) is 9.71 Å². The van der Waals surface area contributed by atoms with Crippen molar-refractivity contribution in [3.05, 3.63) is 15.4 Å². The Morgan fingerprint density at radius 3 is 2.22 bits per heavy atom. The van der Waals surface area contributed by atoms with Crippen molar-refractivity contribution in [3.63, 3.8) is 0 Å². The topological polar surface area (TPSA) is 79.0 Å². The number of sulfonamides is 1. The normalized spacial score (nSPS) is 20.6. The second-order valence-electron chi connectivity index (χ2n) is 5.25. The molecule has 7 heteroatoms. The van der Waals surface area contributed by atoms with Crippen molar-refractivity contribution in [2.24, 2.45) is 11.8 Å². The zero-order valence-corrected chi connectivity index (χ0v) is 11.7. The maximum Gasteiger partial charge on any atom is 0.305 e. The molecule has 0 saturated heterocycles. The van der Waals surface area contributed by atoms with Gasteiger partial charge in [0.2, 0.25) is 0 Å². The van der Waals surface area contributed by atoms with E-state index in [-0.39, 0.29) is 15.1 Å². The SMILES string of the molecule is Cc1[nH]c(=O)sc1S(=O)(=O)NC(C1CC1)C1CC1. The van der Waals surface area contributed by atoms with Crippen LogP contribution in [0.5, 0.6) is 0 Å². The highest BCUT2D eigenvalue weighted by Gasteiger charge is 2.43. The van der Waals surface area contributed by atoms with Crippen LogP contribution in [0, 0.1) is 18.8 Å². The molecule has 1 heterocycles. The molecular formula is C11H16N2O3S2. The molecule has 0 atom stereocenters. The van der Waals surface area contributed by atoms with Crippen LogP contribution < -0.4 is 9.60 Å². The van der Waals surface area contributed by atoms with Gasteiger partial charge in [-0.15, -0.1) is 0 Å². The molecule has 1 aromatic heterocycles. The van der Waals surface area contributed by atoms with Crippen molar-refractivity contribution in [1.29, 1.82) is 0 Å². The summed E-state index contributed by atoms with van der Waals surface area (Å²) in [4.78, 5) is 13.4. The number of thiazole rings is 1. The van der Waals surface area contributed by atoms with Crippen molar-refractivity contribution in [2.45, 2.75) is 42.9 Å². The minimum absolute atomic E-state index is 0.0756. The standard InChI is InChI=1S/C11H16N2O3S2/c1-6-10(17-11(14)12-6)18(15,16)13-9(7-2-3-7)8-4-5-8/h7-9,13H,2-5H2,1H3,(H,12,14). The Morgan fingerprint density at radius 1 is 1.28 bits per heavy atom. The van der Waals surface area contributed by atoms with E-state index < -0.39 is 10.0 Å². The summed E-state index contributed by atoms with van der Waals surface area (Å²) in [5.74, 6) is 1.01. The fourth-order valence-electron chi connectivity index (χ4n) is 2.37. The minimum Gasteiger partial charge on any atom is -0.315 e. The first-order valence-electron chi connectivity index (χ1n) is 6.19. The first-order valence-corrected chi connectivity index (χ1v) is 8.49. The van der Waals surface area contributed by atoms with E-state index in [0.29, 0.717) is 17.5 Å².